The quantitative estimate of drug-likeness (QED) is 0.161. The average molecular weight is 681 g/mol. The van der Waals surface area contributed by atoms with Crippen LogP contribution >= 0.6 is 0 Å². The van der Waals surface area contributed by atoms with Crippen molar-refractivity contribution < 1.29 is 0 Å². The van der Waals surface area contributed by atoms with Crippen molar-refractivity contribution in [1.82, 2.24) is 9.13 Å². The number of fused-ring (bicyclic) bond motifs is 9. The van der Waals surface area contributed by atoms with E-state index in [1.807, 2.05) is 0 Å². The van der Waals surface area contributed by atoms with Crippen molar-refractivity contribution in [1.29, 1.82) is 0 Å². The van der Waals surface area contributed by atoms with Gasteiger partial charge in [0.2, 0.25) is 0 Å². The molecule has 53 heavy (non-hydrogen) atoms. The Labute approximate surface area is 311 Å². The molecule has 11 rings (SSSR count). The Morgan fingerprint density at radius 3 is 1.81 bits per heavy atom. The minimum atomic E-state index is -0.0233. The fourth-order valence-electron chi connectivity index (χ4n) is 9.68. The summed E-state index contributed by atoms with van der Waals surface area (Å²) in [6.07, 6.45) is 0. The zero-order chi connectivity index (χ0) is 36.0. The lowest BCUT2D eigenvalue weighted by molar-refractivity contribution is 0.590. The predicted octanol–water partition coefficient (Wildman–Crippen LogP) is 11.0. The Hall–Kier alpha value is -5.80. The second kappa shape index (κ2) is 10.4. The first-order chi connectivity index (χ1) is 25.6. The summed E-state index contributed by atoms with van der Waals surface area (Å²) < 4.78 is 5.23. The summed E-state index contributed by atoms with van der Waals surface area (Å²) in [5.74, 6) is 0. The monoisotopic (exact) mass is 680 g/mol. The number of rotatable bonds is 2. The maximum Gasteiger partial charge on any atom is 0.253 e. The minimum Gasteiger partial charge on any atom is -0.310 e. The molecule has 2 aliphatic heterocycles. The van der Waals surface area contributed by atoms with E-state index >= 15 is 0 Å². The lowest BCUT2D eigenvalue weighted by Crippen LogP contribution is -2.59. The maximum atomic E-state index is 2.63. The molecule has 0 fully saturated rings. The SMILES string of the molecule is CC(C)(C)c1ccc2c(c1)c1cc(C(C)(C)C)cc3c1n2-c1cccc2c1B3c1c3ccccc3cc3c(-c4ccccc4)c(-c4ccccc4)n-2c13. The van der Waals surface area contributed by atoms with Crippen LogP contribution in [0.4, 0.5) is 0 Å². The van der Waals surface area contributed by atoms with Gasteiger partial charge in [-0.15, -0.1) is 0 Å². The zero-order valence-corrected chi connectivity index (χ0v) is 31.3. The van der Waals surface area contributed by atoms with E-state index in [0.717, 1.165) is 0 Å². The Morgan fingerprint density at radius 1 is 0.453 bits per heavy atom. The average Bonchev–Trinajstić information content (AvgIpc) is 3.68. The summed E-state index contributed by atoms with van der Waals surface area (Å²) in [6.45, 7) is 14.1. The fourth-order valence-corrected chi connectivity index (χ4v) is 9.68. The van der Waals surface area contributed by atoms with Crippen molar-refractivity contribution in [3.05, 3.63) is 151 Å². The van der Waals surface area contributed by atoms with Crippen molar-refractivity contribution in [2.75, 3.05) is 0 Å². The highest BCUT2D eigenvalue weighted by atomic mass is 15.0. The first kappa shape index (κ1) is 30.8. The van der Waals surface area contributed by atoms with Gasteiger partial charge in [0.1, 0.15) is 0 Å². The van der Waals surface area contributed by atoms with Crippen molar-refractivity contribution in [2.24, 2.45) is 0 Å². The lowest BCUT2D eigenvalue weighted by atomic mass is 9.33. The first-order valence-electron chi connectivity index (χ1n) is 19.1. The van der Waals surface area contributed by atoms with Crippen molar-refractivity contribution in [3.63, 3.8) is 0 Å². The first-order valence-corrected chi connectivity index (χ1v) is 19.1. The maximum absolute atomic E-state index is 2.63. The molecule has 7 aromatic carbocycles. The van der Waals surface area contributed by atoms with Crippen LogP contribution in [0.3, 0.4) is 0 Å². The van der Waals surface area contributed by atoms with Gasteiger partial charge < -0.3 is 9.13 Å². The van der Waals surface area contributed by atoms with Crippen molar-refractivity contribution in [2.45, 2.75) is 52.4 Å². The van der Waals surface area contributed by atoms with Crippen LogP contribution < -0.4 is 16.4 Å². The molecule has 2 nitrogen and oxygen atoms in total. The van der Waals surface area contributed by atoms with Crippen LogP contribution in [0.15, 0.2) is 140 Å². The van der Waals surface area contributed by atoms with E-state index in [2.05, 4.69) is 190 Å². The van der Waals surface area contributed by atoms with Crippen LogP contribution in [-0.2, 0) is 10.8 Å². The Bertz CT molecular complexity index is 3000. The van der Waals surface area contributed by atoms with E-state index in [1.165, 1.54) is 105 Å². The molecule has 0 bridgehead atoms. The second-order valence-electron chi connectivity index (χ2n) is 17.4. The van der Waals surface area contributed by atoms with E-state index in [-0.39, 0.29) is 17.5 Å². The number of aromatic nitrogens is 2. The van der Waals surface area contributed by atoms with Gasteiger partial charge >= 0.3 is 0 Å². The van der Waals surface area contributed by atoms with Gasteiger partial charge in [0.05, 0.1) is 16.7 Å². The molecule has 3 heteroatoms. The number of hydrogen-bond donors (Lipinski definition) is 0. The smallest absolute Gasteiger partial charge is 0.253 e. The summed E-state index contributed by atoms with van der Waals surface area (Å²) in [7, 11) is 0. The molecule has 9 aromatic rings. The number of nitrogens with zero attached hydrogens (tertiary/aromatic N) is 2. The molecule has 0 spiro atoms. The highest BCUT2D eigenvalue weighted by molar-refractivity contribution is 7.01. The molecule has 4 heterocycles. The molecular weight excluding hydrogens is 639 g/mol. The van der Waals surface area contributed by atoms with Crippen LogP contribution in [0.1, 0.15) is 52.7 Å². The van der Waals surface area contributed by atoms with E-state index < -0.39 is 0 Å². The molecule has 0 amide bonds. The normalized spacial score (nSPS) is 13.4. The molecule has 0 saturated heterocycles. The molecule has 0 atom stereocenters. The molecule has 0 saturated carbocycles. The van der Waals surface area contributed by atoms with Crippen LogP contribution in [0.5, 0.6) is 0 Å². The molecule has 0 N–H and O–H groups in total. The Balaban J connectivity index is 1.39. The topological polar surface area (TPSA) is 9.86 Å². The summed E-state index contributed by atoms with van der Waals surface area (Å²) in [6, 6.07) is 53.0. The van der Waals surface area contributed by atoms with Gasteiger partial charge in [-0.05, 0) is 96.6 Å². The van der Waals surface area contributed by atoms with Gasteiger partial charge in [-0.1, -0.05) is 145 Å². The molecular formula is C50H41BN2. The highest BCUT2D eigenvalue weighted by Gasteiger charge is 2.43. The highest BCUT2D eigenvalue weighted by Crippen LogP contribution is 2.46. The van der Waals surface area contributed by atoms with Crippen LogP contribution in [0.25, 0.3) is 77.2 Å². The lowest BCUT2D eigenvalue weighted by Gasteiger charge is -2.35. The third kappa shape index (κ3) is 4.11. The molecule has 0 unspecified atom stereocenters. The van der Waals surface area contributed by atoms with Gasteiger partial charge in [0.25, 0.3) is 6.71 Å². The zero-order valence-electron chi connectivity index (χ0n) is 31.3. The summed E-state index contributed by atoms with van der Waals surface area (Å²) in [4.78, 5) is 0. The summed E-state index contributed by atoms with van der Waals surface area (Å²) in [5, 5.41) is 6.63. The van der Waals surface area contributed by atoms with Crippen LogP contribution in [-0.4, -0.2) is 15.8 Å². The van der Waals surface area contributed by atoms with E-state index in [4.69, 9.17) is 0 Å². The molecule has 254 valence electrons. The van der Waals surface area contributed by atoms with E-state index in [0.29, 0.717) is 0 Å². The van der Waals surface area contributed by atoms with Gasteiger partial charge in [-0.2, -0.15) is 0 Å². The Kier molecular flexibility index (Phi) is 6.05. The summed E-state index contributed by atoms with van der Waals surface area (Å²) in [5.41, 5.74) is 18.5. The minimum absolute atomic E-state index is 0.0233. The standard InChI is InChI=1S/C50H41BN2/c1-49(2,3)33-24-25-40-36(27-33)37-28-34(50(4,5)6)29-39-47(37)52(40)41-22-15-23-42-45(41)51(39)44-35-21-14-13-20-32(35)26-38-43(30-16-9-7-10-17-30)46(53(42)48(38)44)31-18-11-8-12-19-31/h7-29H,1-6H3. The van der Waals surface area contributed by atoms with Gasteiger partial charge in [-0.3, -0.25) is 0 Å². The number of hydrogen-bond acceptors (Lipinski definition) is 0. The van der Waals surface area contributed by atoms with E-state index in [1.54, 1.807) is 0 Å². The summed E-state index contributed by atoms with van der Waals surface area (Å²) >= 11 is 0. The van der Waals surface area contributed by atoms with Gasteiger partial charge in [-0.25, -0.2) is 0 Å². The van der Waals surface area contributed by atoms with E-state index in [9.17, 15) is 0 Å². The van der Waals surface area contributed by atoms with Crippen molar-refractivity contribution in [3.8, 4) is 33.8 Å². The third-order valence-corrected chi connectivity index (χ3v) is 12.2. The Morgan fingerprint density at radius 2 is 1.09 bits per heavy atom. The van der Waals surface area contributed by atoms with Gasteiger partial charge in [0, 0.05) is 38.6 Å². The fraction of sp³-hybridized carbons (Fsp3) is 0.160. The van der Waals surface area contributed by atoms with Crippen LogP contribution in [0, 0.1) is 0 Å². The van der Waals surface area contributed by atoms with Gasteiger partial charge in [0.15, 0.2) is 0 Å². The molecule has 0 radical (unpaired) electrons. The largest absolute Gasteiger partial charge is 0.310 e. The molecule has 2 aliphatic rings. The van der Waals surface area contributed by atoms with Crippen LogP contribution in [0.2, 0.25) is 0 Å². The third-order valence-electron chi connectivity index (χ3n) is 12.2. The molecule has 0 aliphatic carbocycles. The number of benzene rings is 7. The molecule has 2 aromatic heterocycles. The predicted molar refractivity (Wildman–Crippen MR) is 228 cm³/mol. The second-order valence-corrected chi connectivity index (χ2v) is 17.4. The van der Waals surface area contributed by atoms with Crippen molar-refractivity contribution >= 4 is 66.6 Å².